The summed E-state index contributed by atoms with van der Waals surface area (Å²) in [5, 5.41) is 3.60. The fourth-order valence-corrected chi connectivity index (χ4v) is 2.16. The van der Waals surface area contributed by atoms with Crippen molar-refractivity contribution in [2.75, 3.05) is 0 Å². The molecule has 0 bridgehead atoms. The van der Waals surface area contributed by atoms with E-state index in [4.69, 9.17) is 0 Å². The van der Waals surface area contributed by atoms with Crippen molar-refractivity contribution in [3.8, 4) is 0 Å². The molecule has 0 radical (unpaired) electrons. The number of aromatic nitrogens is 2. The smallest absolute Gasteiger partial charge is 0.115 e. The highest BCUT2D eigenvalue weighted by Gasteiger charge is 2.12. The first kappa shape index (κ1) is 13.7. The minimum absolute atomic E-state index is 0.376. The number of hydrogen-bond donors (Lipinski definition) is 1. The normalized spacial score (nSPS) is 12.6. The van der Waals surface area contributed by atoms with Crippen LogP contribution in [-0.4, -0.2) is 9.97 Å². The Kier molecular flexibility index (Phi) is 5.04. The van der Waals surface area contributed by atoms with E-state index in [1.54, 1.807) is 6.33 Å². The molecular weight excluding hydrogens is 234 g/mol. The Bertz CT molecular complexity index is 468. The van der Waals surface area contributed by atoms with Crippen LogP contribution < -0.4 is 5.32 Å². The van der Waals surface area contributed by atoms with Crippen molar-refractivity contribution in [3.63, 3.8) is 0 Å². The molecule has 1 unspecified atom stereocenters. The monoisotopic (exact) mass is 255 g/mol. The molecule has 0 amide bonds. The summed E-state index contributed by atoms with van der Waals surface area (Å²) in [6.07, 6.45) is 6.40. The van der Waals surface area contributed by atoms with Crippen molar-refractivity contribution in [3.05, 3.63) is 60.2 Å². The number of hydrogen-bond acceptors (Lipinski definition) is 3. The Hall–Kier alpha value is -1.74. The lowest BCUT2D eigenvalue weighted by Crippen LogP contribution is -2.22. The third-order valence-electron chi connectivity index (χ3n) is 3.08. The van der Waals surface area contributed by atoms with Gasteiger partial charge in [-0.2, -0.15) is 0 Å². The first-order valence-corrected chi connectivity index (χ1v) is 6.78. The van der Waals surface area contributed by atoms with Crippen LogP contribution in [0.1, 0.15) is 37.4 Å². The minimum atomic E-state index is 0.376. The molecule has 1 heterocycles. The fourth-order valence-electron chi connectivity index (χ4n) is 2.16. The number of rotatable bonds is 6. The van der Waals surface area contributed by atoms with Gasteiger partial charge in [0.15, 0.2) is 0 Å². The molecule has 3 heteroatoms. The van der Waals surface area contributed by atoms with Crippen LogP contribution in [0.2, 0.25) is 0 Å². The van der Waals surface area contributed by atoms with Crippen LogP contribution in [-0.2, 0) is 6.54 Å². The van der Waals surface area contributed by atoms with Crippen molar-refractivity contribution >= 4 is 0 Å². The van der Waals surface area contributed by atoms with Crippen LogP contribution in [0.25, 0.3) is 0 Å². The highest BCUT2D eigenvalue weighted by molar-refractivity contribution is 5.19. The quantitative estimate of drug-likeness (QED) is 0.860. The van der Waals surface area contributed by atoms with Gasteiger partial charge in [0.25, 0.3) is 0 Å². The molecule has 0 aliphatic carbocycles. The molecule has 3 nitrogen and oxygen atoms in total. The van der Waals surface area contributed by atoms with Gasteiger partial charge in [-0.05, 0) is 17.9 Å². The SMILES string of the molecule is CC(C)CC(NCc1cncnc1)c1ccccc1. The van der Waals surface area contributed by atoms with Gasteiger partial charge in [-0.25, -0.2) is 9.97 Å². The van der Waals surface area contributed by atoms with Crippen molar-refractivity contribution < 1.29 is 0 Å². The summed E-state index contributed by atoms with van der Waals surface area (Å²) in [6, 6.07) is 11.0. The van der Waals surface area contributed by atoms with E-state index in [1.807, 2.05) is 12.4 Å². The molecule has 100 valence electrons. The topological polar surface area (TPSA) is 37.8 Å². The largest absolute Gasteiger partial charge is 0.306 e. The van der Waals surface area contributed by atoms with Gasteiger partial charge in [-0.15, -0.1) is 0 Å². The first-order valence-electron chi connectivity index (χ1n) is 6.78. The number of nitrogens with zero attached hydrogens (tertiary/aromatic N) is 2. The van der Waals surface area contributed by atoms with Gasteiger partial charge in [0, 0.05) is 30.5 Å². The summed E-state index contributed by atoms with van der Waals surface area (Å²) in [5.74, 6) is 0.657. The molecular formula is C16H21N3. The molecule has 0 fully saturated rings. The van der Waals surface area contributed by atoms with Gasteiger partial charge in [-0.3, -0.25) is 0 Å². The van der Waals surface area contributed by atoms with Crippen molar-refractivity contribution in [1.82, 2.24) is 15.3 Å². The molecule has 2 rings (SSSR count). The second kappa shape index (κ2) is 7.00. The van der Waals surface area contributed by atoms with Crippen LogP contribution in [0, 0.1) is 5.92 Å². The Labute approximate surface area is 115 Å². The molecule has 0 spiro atoms. The Balaban J connectivity index is 2.02. The predicted octanol–water partition coefficient (Wildman–Crippen LogP) is 3.35. The van der Waals surface area contributed by atoms with Crippen LogP contribution in [0.15, 0.2) is 49.1 Å². The molecule has 1 aromatic heterocycles. The van der Waals surface area contributed by atoms with Gasteiger partial charge in [0.1, 0.15) is 6.33 Å². The molecule has 0 saturated heterocycles. The maximum Gasteiger partial charge on any atom is 0.115 e. The van der Waals surface area contributed by atoms with E-state index in [-0.39, 0.29) is 0 Å². The average molecular weight is 255 g/mol. The highest BCUT2D eigenvalue weighted by atomic mass is 14.9. The molecule has 19 heavy (non-hydrogen) atoms. The molecule has 1 atom stereocenters. The summed E-state index contributed by atoms with van der Waals surface area (Å²) < 4.78 is 0. The Morgan fingerprint density at radius 2 is 1.74 bits per heavy atom. The van der Waals surface area contributed by atoms with E-state index in [0.29, 0.717) is 12.0 Å². The van der Waals surface area contributed by atoms with Gasteiger partial charge >= 0.3 is 0 Å². The summed E-state index contributed by atoms with van der Waals surface area (Å²) in [6.45, 7) is 5.31. The zero-order chi connectivity index (χ0) is 13.5. The molecule has 0 aliphatic rings. The minimum Gasteiger partial charge on any atom is -0.306 e. The molecule has 0 saturated carbocycles. The average Bonchev–Trinajstić information content (AvgIpc) is 2.45. The molecule has 1 aromatic carbocycles. The third-order valence-corrected chi connectivity index (χ3v) is 3.08. The summed E-state index contributed by atoms with van der Waals surface area (Å²) in [4.78, 5) is 8.09. The zero-order valence-corrected chi connectivity index (χ0v) is 11.6. The van der Waals surface area contributed by atoms with Crippen LogP contribution >= 0.6 is 0 Å². The number of nitrogens with one attached hydrogen (secondary N) is 1. The van der Waals surface area contributed by atoms with Crippen LogP contribution in [0.3, 0.4) is 0 Å². The van der Waals surface area contributed by atoms with E-state index >= 15 is 0 Å². The van der Waals surface area contributed by atoms with Gasteiger partial charge in [0.2, 0.25) is 0 Å². The summed E-state index contributed by atoms with van der Waals surface area (Å²) in [7, 11) is 0. The van der Waals surface area contributed by atoms with E-state index in [2.05, 4.69) is 59.5 Å². The van der Waals surface area contributed by atoms with Crippen LogP contribution in [0.5, 0.6) is 0 Å². The maximum absolute atomic E-state index is 4.05. The lowest BCUT2D eigenvalue weighted by atomic mass is 9.97. The van der Waals surface area contributed by atoms with Gasteiger partial charge in [0.05, 0.1) is 0 Å². The lowest BCUT2D eigenvalue weighted by Gasteiger charge is -2.21. The molecule has 2 aromatic rings. The molecule has 1 N–H and O–H groups in total. The standard InChI is InChI=1S/C16H21N3/c1-13(2)8-16(15-6-4-3-5-7-15)19-11-14-9-17-12-18-10-14/h3-7,9-10,12-13,16,19H,8,11H2,1-2H3. The van der Waals surface area contributed by atoms with Gasteiger partial charge in [-0.1, -0.05) is 44.2 Å². The van der Waals surface area contributed by atoms with Gasteiger partial charge < -0.3 is 5.32 Å². The Morgan fingerprint density at radius 1 is 1.05 bits per heavy atom. The van der Waals surface area contributed by atoms with Crippen LogP contribution in [0.4, 0.5) is 0 Å². The van der Waals surface area contributed by atoms with Crippen molar-refractivity contribution in [2.24, 2.45) is 5.92 Å². The van der Waals surface area contributed by atoms with E-state index in [1.165, 1.54) is 5.56 Å². The van der Waals surface area contributed by atoms with Crippen molar-refractivity contribution in [1.29, 1.82) is 0 Å². The van der Waals surface area contributed by atoms with E-state index in [0.717, 1.165) is 18.5 Å². The van der Waals surface area contributed by atoms with Crippen molar-refractivity contribution in [2.45, 2.75) is 32.9 Å². The predicted molar refractivity (Wildman–Crippen MR) is 77.5 cm³/mol. The second-order valence-electron chi connectivity index (χ2n) is 5.22. The Morgan fingerprint density at radius 3 is 2.37 bits per heavy atom. The van der Waals surface area contributed by atoms with E-state index < -0.39 is 0 Å². The summed E-state index contributed by atoms with van der Waals surface area (Å²) in [5.41, 5.74) is 2.46. The maximum atomic E-state index is 4.05. The highest BCUT2D eigenvalue weighted by Crippen LogP contribution is 2.21. The second-order valence-corrected chi connectivity index (χ2v) is 5.22. The fraction of sp³-hybridized carbons (Fsp3) is 0.375. The lowest BCUT2D eigenvalue weighted by molar-refractivity contribution is 0.428. The number of benzene rings is 1. The van der Waals surface area contributed by atoms with E-state index in [9.17, 15) is 0 Å². The zero-order valence-electron chi connectivity index (χ0n) is 11.6. The summed E-state index contributed by atoms with van der Waals surface area (Å²) >= 11 is 0. The molecule has 0 aliphatic heterocycles. The third kappa shape index (κ3) is 4.45. The first-order chi connectivity index (χ1) is 9.25.